The molecule has 2 rings (SSSR count). The van der Waals surface area contributed by atoms with Crippen LogP contribution in [0, 0.1) is 15.9 Å². The maximum atomic E-state index is 13.3. The highest BCUT2D eigenvalue weighted by atomic mass is 79.9. The summed E-state index contributed by atoms with van der Waals surface area (Å²) >= 11 is 8.66. The highest BCUT2D eigenvalue weighted by molar-refractivity contribution is 9.10. The summed E-state index contributed by atoms with van der Waals surface area (Å²) in [5.74, 6) is -0.645. The van der Waals surface area contributed by atoms with Crippen molar-refractivity contribution in [3.05, 3.63) is 55.9 Å². The van der Waals surface area contributed by atoms with Crippen LogP contribution in [0.1, 0.15) is 0 Å². The first kappa shape index (κ1) is 12.9. The SMILES string of the molecule is O=[N+]([O-])c1cc(Br)cnc1-c1ccc(Cl)c(F)c1. The Morgan fingerprint density at radius 1 is 1.39 bits per heavy atom. The van der Waals surface area contributed by atoms with E-state index in [0.29, 0.717) is 10.0 Å². The van der Waals surface area contributed by atoms with Crippen LogP contribution in [0.2, 0.25) is 5.02 Å². The summed E-state index contributed by atoms with van der Waals surface area (Å²) < 4.78 is 13.8. The number of hydrogen-bond acceptors (Lipinski definition) is 3. The normalized spacial score (nSPS) is 10.4. The number of benzene rings is 1. The van der Waals surface area contributed by atoms with Gasteiger partial charge < -0.3 is 0 Å². The van der Waals surface area contributed by atoms with Gasteiger partial charge in [-0.05, 0) is 28.1 Å². The van der Waals surface area contributed by atoms with Crippen molar-refractivity contribution in [2.75, 3.05) is 0 Å². The second-order valence-corrected chi connectivity index (χ2v) is 4.73. The van der Waals surface area contributed by atoms with Crippen LogP contribution in [0.4, 0.5) is 10.1 Å². The summed E-state index contributed by atoms with van der Waals surface area (Å²) in [6.45, 7) is 0. The second kappa shape index (κ2) is 4.99. The van der Waals surface area contributed by atoms with Gasteiger partial charge in [-0.1, -0.05) is 17.7 Å². The lowest BCUT2D eigenvalue weighted by Gasteiger charge is -2.03. The first-order valence-electron chi connectivity index (χ1n) is 4.74. The van der Waals surface area contributed by atoms with E-state index in [1.54, 1.807) is 0 Å². The first-order chi connectivity index (χ1) is 8.49. The first-order valence-corrected chi connectivity index (χ1v) is 5.91. The fourth-order valence-corrected chi connectivity index (χ4v) is 1.87. The minimum Gasteiger partial charge on any atom is -0.258 e. The Bertz CT molecular complexity index is 636. The molecule has 92 valence electrons. The molecule has 1 aromatic carbocycles. The van der Waals surface area contributed by atoms with Crippen LogP contribution in [-0.4, -0.2) is 9.91 Å². The van der Waals surface area contributed by atoms with E-state index in [-0.39, 0.29) is 16.4 Å². The predicted octanol–water partition coefficient (Wildman–Crippen LogP) is 4.21. The van der Waals surface area contributed by atoms with Crippen LogP contribution >= 0.6 is 27.5 Å². The topological polar surface area (TPSA) is 56.0 Å². The third-order valence-electron chi connectivity index (χ3n) is 2.22. The zero-order valence-corrected chi connectivity index (χ0v) is 11.1. The lowest BCUT2D eigenvalue weighted by molar-refractivity contribution is -0.384. The molecule has 0 radical (unpaired) electrons. The summed E-state index contributed by atoms with van der Waals surface area (Å²) in [4.78, 5) is 14.3. The van der Waals surface area contributed by atoms with E-state index in [1.165, 1.54) is 24.4 Å². The Hall–Kier alpha value is -1.53. The lowest BCUT2D eigenvalue weighted by atomic mass is 10.1. The van der Waals surface area contributed by atoms with Crippen LogP contribution in [0.5, 0.6) is 0 Å². The van der Waals surface area contributed by atoms with Crippen molar-refractivity contribution in [1.82, 2.24) is 4.98 Å². The van der Waals surface area contributed by atoms with Crippen molar-refractivity contribution in [2.45, 2.75) is 0 Å². The Kier molecular flexibility index (Phi) is 3.58. The number of nitro groups is 1. The standard InChI is InChI=1S/C11H5BrClFN2O2/c12-7-4-10(16(17)18)11(15-5-7)6-1-2-8(13)9(14)3-6/h1-5H. The molecule has 0 bridgehead atoms. The third kappa shape index (κ3) is 2.49. The van der Waals surface area contributed by atoms with Crippen LogP contribution < -0.4 is 0 Å². The molecular formula is C11H5BrClFN2O2. The molecule has 0 aliphatic heterocycles. The maximum Gasteiger partial charge on any atom is 0.296 e. The molecule has 0 saturated carbocycles. The van der Waals surface area contributed by atoms with Gasteiger partial charge in [0, 0.05) is 22.3 Å². The van der Waals surface area contributed by atoms with Crippen LogP contribution in [0.15, 0.2) is 34.9 Å². The zero-order chi connectivity index (χ0) is 13.3. The predicted molar refractivity (Wildman–Crippen MR) is 69.0 cm³/mol. The monoisotopic (exact) mass is 330 g/mol. The number of aromatic nitrogens is 1. The van der Waals surface area contributed by atoms with Gasteiger partial charge in [-0.15, -0.1) is 0 Å². The molecule has 0 aliphatic rings. The molecule has 0 aliphatic carbocycles. The Morgan fingerprint density at radius 2 is 2.11 bits per heavy atom. The van der Waals surface area contributed by atoms with Gasteiger partial charge in [0.05, 0.1) is 9.95 Å². The van der Waals surface area contributed by atoms with Gasteiger partial charge in [0.15, 0.2) is 0 Å². The van der Waals surface area contributed by atoms with Gasteiger partial charge >= 0.3 is 0 Å². The molecule has 7 heteroatoms. The van der Waals surface area contributed by atoms with Gasteiger partial charge in [0.2, 0.25) is 0 Å². The highest BCUT2D eigenvalue weighted by Crippen LogP contribution is 2.31. The number of hydrogen-bond donors (Lipinski definition) is 0. The minimum atomic E-state index is -0.645. The fourth-order valence-electron chi connectivity index (χ4n) is 1.43. The summed E-state index contributed by atoms with van der Waals surface area (Å²) in [7, 11) is 0. The highest BCUT2D eigenvalue weighted by Gasteiger charge is 2.18. The minimum absolute atomic E-state index is 0.0430. The van der Waals surface area contributed by atoms with E-state index in [1.807, 2.05) is 0 Å². The Balaban J connectivity index is 2.63. The number of pyridine rings is 1. The summed E-state index contributed by atoms with van der Waals surface area (Å²) in [6, 6.07) is 5.24. The van der Waals surface area contributed by atoms with E-state index in [4.69, 9.17) is 11.6 Å². The lowest BCUT2D eigenvalue weighted by Crippen LogP contribution is -1.95. The molecule has 0 unspecified atom stereocenters. The van der Waals surface area contributed by atoms with E-state index in [0.717, 1.165) is 6.07 Å². The Morgan fingerprint density at radius 3 is 2.72 bits per heavy atom. The van der Waals surface area contributed by atoms with E-state index in [9.17, 15) is 14.5 Å². The smallest absolute Gasteiger partial charge is 0.258 e. The van der Waals surface area contributed by atoms with Crippen LogP contribution in [0.25, 0.3) is 11.3 Å². The third-order valence-corrected chi connectivity index (χ3v) is 2.96. The molecule has 4 nitrogen and oxygen atoms in total. The molecular weight excluding hydrogens is 326 g/mol. The second-order valence-electron chi connectivity index (χ2n) is 3.41. The molecule has 0 N–H and O–H groups in total. The maximum absolute atomic E-state index is 13.3. The molecule has 0 saturated heterocycles. The van der Waals surface area contributed by atoms with Gasteiger partial charge in [-0.3, -0.25) is 10.1 Å². The van der Waals surface area contributed by atoms with Crippen molar-refractivity contribution >= 4 is 33.2 Å². The van der Waals surface area contributed by atoms with Crippen LogP contribution in [-0.2, 0) is 0 Å². The number of rotatable bonds is 2. The molecule has 1 aromatic heterocycles. The van der Waals surface area contributed by atoms with Gasteiger partial charge in [0.1, 0.15) is 11.5 Å². The van der Waals surface area contributed by atoms with Gasteiger partial charge in [-0.25, -0.2) is 9.37 Å². The van der Waals surface area contributed by atoms with Crippen molar-refractivity contribution in [3.63, 3.8) is 0 Å². The average molecular weight is 332 g/mol. The van der Waals surface area contributed by atoms with E-state index >= 15 is 0 Å². The quantitative estimate of drug-likeness (QED) is 0.612. The van der Waals surface area contributed by atoms with Crippen molar-refractivity contribution in [1.29, 1.82) is 0 Å². The van der Waals surface area contributed by atoms with E-state index in [2.05, 4.69) is 20.9 Å². The molecule has 0 spiro atoms. The molecule has 2 aromatic rings. The average Bonchev–Trinajstić information content (AvgIpc) is 2.32. The summed E-state index contributed by atoms with van der Waals surface area (Å²) in [5.41, 5.74) is 0.195. The van der Waals surface area contributed by atoms with Crippen LogP contribution in [0.3, 0.4) is 0 Å². The molecule has 1 heterocycles. The van der Waals surface area contributed by atoms with Crippen molar-refractivity contribution in [2.24, 2.45) is 0 Å². The zero-order valence-electron chi connectivity index (χ0n) is 8.73. The van der Waals surface area contributed by atoms with Gasteiger partial charge in [0.25, 0.3) is 5.69 Å². The number of halogens is 3. The Labute approximate surface area is 115 Å². The summed E-state index contributed by atoms with van der Waals surface area (Å²) in [6.07, 6.45) is 1.41. The molecule has 18 heavy (non-hydrogen) atoms. The molecule has 0 atom stereocenters. The fraction of sp³-hybridized carbons (Fsp3) is 0. The van der Waals surface area contributed by atoms with Crippen molar-refractivity contribution < 1.29 is 9.31 Å². The molecule has 0 amide bonds. The van der Waals surface area contributed by atoms with Crippen molar-refractivity contribution in [3.8, 4) is 11.3 Å². The van der Waals surface area contributed by atoms with E-state index < -0.39 is 10.7 Å². The molecule has 0 fully saturated rings. The largest absolute Gasteiger partial charge is 0.296 e. The number of nitrogens with zero attached hydrogens (tertiary/aromatic N) is 2. The van der Waals surface area contributed by atoms with Gasteiger partial charge in [-0.2, -0.15) is 0 Å². The summed E-state index contributed by atoms with van der Waals surface area (Å²) in [5, 5.41) is 10.9.